The van der Waals surface area contributed by atoms with Gasteiger partial charge in [0, 0.05) is 28.3 Å². The quantitative estimate of drug-likeness (QED) is 0.379. The predicted octanol–water partition coefficient (Wildman–Crippen LogP) is 5.36. The molecule has 3 rings (SSSR count). The van der Waals surface area contributed by atoms with Crippen LogP contribution in [-0.2, 0) is 16.1 Å². The normalized spacial score (nSPS) is 14.3. The molecule has 0 saturated heterocycles. The van der Waals surface area contributed by atoms with Crippen molar-refractivity contribution in [2.75, 3.05) is 0 Å². The maximum atomic E-state index is 13.9. The van der Waals surface area contributed by atoms with Gasteiger partial charge in [-0.2, -0.15) is 0 Å². The van der Waals surface area contributed by atoms with Crippen molar-refractivity contribution in [1.29, 1.82) is 0 Å². The molecular formula is C23H28FN3O4S2. The van der Waals surface area contributed by atoms with Gasteiger partial charge in [0.05, 0.1) is 22.8 Å². The first kappa shape index (κ1) is 25.4. The van der Waals surface area contributed by atoms with Gasteiger partial charge in [0.2, 0.25) is 5.78 Å². The SMILES string of the molecule is CC(N[S@@+]([O-])C(C)(C)C)c1csc(C(=O)c2cn(C(=O)OC(C)(C)C)c3cc(F)ccc23)n1. The van der Waals surface area contributed by atoms with E-state index in [1.807, 2.05) is 27.7 Å². The Bertz CT molecular complexity index is 1190. The Labute approximate surface area is 199 Å². The van der Waals surface area contributed by atoms with E-state index >= 15 is 0 Å². The molecule has 178 valence electrons. The summed E-state index contributed by atoms with van der Waals surface area (Å²) >= 11 is -0.142. The topological polar surface area (TPSA) is 96.3 Å². The van der Waals surface area contributed by atoms with E-state index in [2.05, 4.69) is 9.71 Å². The van der Waals surface area contributed by atoms with E-state index in [0.29, 0.717) is 11.1 Å². The first-order valence-electron chi connectivity index (χ1n) is 10.4. The summed E-state index contributed by atoms with van der Waals surface area (Å²) in [6.45, 7) is 12.6. The molecule has 1 aromatic carbocycles. The molecule has 2 heterocycles. The van der Waals surface area contributed by atoms with E-state index in [9.17, 15) is 18.5 Å². The van der Waals surface area contributed by atoms with Gasteiger partial charge < -0.3 is 9.29 Å². The number of nitrogens with zero attached hydrogens (tertiary/aromatic N) is 2. The second kappa shape index (κ2) is 9.17. The predicted molar refractivity (Wildman–Crippen MR) is 129 cm³/mol. The number of hydrogen-bond donors (Lipinski definition) is 1. The van der Waals surface area contributed by atoms with Crippen LogP contribution in [0.4, 0.5) is 9.18 Å². The molecule has 0 spiro atoms. The molecule has 0 aliphatic carbocycles. The molecule has 0 radical (unpaired) electrons. The summed E-state index contributed by atoms with van der Waals surface area (Å²) in [5.74, 6) is -0.929. The van der Waals surface area contributed by atoms with Crippen molar-refractivity contribution < 1.29 is 23.3 Å². The number of benzene rings is 1. The van der Waals surface area contributed by atoms with Crippen LogP contribution in [0.15, 0.2) is 29.8 Å². The number of fused-ring (bicyclic) bond motifs is 1. The molecule has 1 unspecified atom stereocenters. The van der Waals surface area contributed by atoms with Crippen LogP contribution in [-0.4, -0.2) is 36.3 Å². The zero-order valence-corrected chi connectivity index (χ0v) is 21.3. The lowest BCUT2D eigenvalue weighted by Gasteiger charge is -2.25. The first-order chi connectivity index (χ1) is 15.2. The number of carbonyl (C=O) groups excluding carboxylic acids is 2. The molecule has 0 fully saturated rings. The maximum absolute atomic E-state index is 13.9. The molecule has 0 aliphatic heterocycles. The van der Waals surface area contributed by atoms with E-state index in [1.165, 1.54) is 24.4 Å². The second-order valence-electron chi connectivity index (χ2n) is 9.68. The van der Waals surface area contributed by atoms with Gasteiger partial charge in [0.25, 0.3) is 0 Å². The van der Waals surface area contributed by atoms with Crippen LogP contribution < -0.4 is 4.72 Å². The molecule has 33 heavy (non-hydrogen) atoms. The number of carbonyl (C=O) groups is 2. The summed E-state index contributed by atoms with van der Waals surface area (Å²) in [5, 5.41) is 2.37. The zero-order valence-electron chi connectivity index (χ0n) is 19.7. The Morgan fingerprint density at radius 1 is 1.24 bits per heavy atom. The number of hydrogen-bond acceptors (Lipinski definition) is 7. The first-order valence-corrected chi connectivity index (χ1v) is 12.4. The Hall–Kier alpha value is -2.27. The van der Waals surface area contributed by atoms with E-state index in [-0.39, 0.29) is 22.1 Å². The number of rotatable bonds is 5. The number of aromatic nitrogens is 2. The van der Waals surface area contributed by atoms with Gasteiger partial charge in [-0.25, -0.2) is 14.2 Å². The van der Waals surface area contributed by atoms with Crippen LogP contribution in [0, 0.1) is 5.82 Å². The third-order valence-electron chi connectivity index (χ3n) is 4.60. The minimum atomic E-state index is -1.30. The van der Waals surface area contributed by atoms with Crippen LogP contribution in [0.2, 0.25) is 0 Å². The van der Waals surface area contributed by atoms with Gasteiger partial charge in [-0.1, -0.05) is 0 Å². The summed E-state index contributed by atoms with van der Waals surface area (Å²) in [6, 6.07) is 3.56. The number of nitrogens with one attached hydrogen (secondary N) is 1. The zero-order chi connectivity index (χ0) is 24.7. The van der Waals surface area contributed by atoms with Crippen molar-refractivity contribution in [1.82, 2.24) is 14.3 Å². The Morgan fingerprint density at radius 2 is 1.91 bits per heavy atom. The van der Waals surface area contributed by atoms with Crippen molar-refractivity contribution in [3.63, 3.8) is 0 Å². The minimum absolute atomic E-state index is 0.216. The monoisotopic (exact) mass is 493 g/mol. The van der Waals surface area contributed by atoms with Crippen LogP contribution >= 0.6 is 11.3 Å². The maximum Gasteiger partial charge on any atom is 0.419 e. The lowest BCUT2D eigenvalue weighted by Crippen LogP contribution is -2.40. The molecule has 0 amide bonds. The highest BCUT2D eigenvalue weighted by Gasteiger charge is 2.30. The molecule has 0 aliphatic rings. The third kappa shape index (κ3) is 5.81. The van der Waals surface area contributed by atoms with Crippen molar-refractivity contribution in [3.8, 4) is 0 Å². The Kier molecular flexibility index (Phi) is 7.05. The number of ketones is 1. The van der Waals surface area contributed by atoms with Gasteiger partial charge in [-0.15, -0.1) is 16.1 Å². The van der Waals surface area contributed by atoms with Gasteiger partial charge in [0.1, 0.15) is 16.2 Å². The van der Waals surface area contributed by atoms with Crippen molar-refractivity contribution in [2.24, 2.45) is 0 Å². The third-order valence-corrected chi connectivity index (χ3v) is 7.14. The van der Waals surface area contributed by atoms with Crippen LogP contribution in [0.3, 0.4) is 0 Å². The van der Waals surface area contributed by atoms with Crippen LogP contribution in [0.1, 0.15) is 75.6 Å². The Morgan fingerprint density at radius 3 is 2.52 bits per heavy atom. The van der Waals surface area contributed by atoms with E-state index in [0.717, 1.165) is 15.9 Å². The molecule has 7 nitrogen and oxygen atoms in total. The lowest BCUT2D eigenvalue weighted by molar-refractivity contribution is 0.0544. The fourth-order valence-electron chi connectivity index (χ4n) is 2.95. The average Bonchev–Trinajstić information content (AvgIpc) is 3.30. The van der Waals surface area contributed by atoms with Gasteiger partial charge >= 0.3 is 6.09 Å². The number of halogens is 1. The van der Waals surface area contributed by atoms with Crippen molar-refractivity contribution in [3.05, 3.63) is 51.9 Å². The molecule has 2 atom stereocenters. The summed E-state index contributed by atoms with van der Waals surface area (Å²) in [7, 11) is 0. The molecule has 0 saturated carbocycles. The molecule has 10 heteroatoms. The van der Waals surface area contributed by atoms with E-state index in [1.54, 1.807) is 26.2 Å². The van der Waals surface area contributed by atoms with Crippen LogP contribution in [0.5, 0.6) is 0 Å². The fraction of sp³-hybridized carbons (Fsp3) is 0.435. The molecule has 3 aromatic rings. The minimum Gasteiger partial charge on any atom is -0.598 e. The van der Waals surface area contributed by atoms with Gasteiger partial charge in [0.15, 0.2) is 5.01 Å². The van der Waals surface area contributed by atoms with E-state index < -0.39 is 39.4 Å². The van der Waals surface area contributed by atoms with Gasteiger partial charge in [-0.3, -0.25) is 9.36 Å². The molecule has 2 aromatic heterocycles. The lowest BCUT2D eigenvalue weighted by atomic mass is 10.1. The van der Waals surface area contributed by atoms with Crippen LogP contribution in [0.25, 0.3) is 10.9 Å². The molecular weight excluding hydrogens is 465 g/mol. The smallest absolute Gasteiger partial charge is 0.419 e. The summed E-state index contributed by atoms with van der Waals surface area (Å²) in [5.41, 5.74) is 0.282. The summed E-state index contributed by atoms with van der Waals surface area (Å²) in [6.07, 6.45) is 0.650. The number of ether oxygens (including phenoxy) is 1. The second-order valence-corrected chi connectivity index (χ2v) is 12.5. The molecule has 1 N–H and O–H groups in total. The largest absolute Gasteiger partial charge is 0.598 e. The highest BCUT2D eigenvalue weighted by Crippen LogP contribution is 2.28. The van der Waals surface area contributed by atoms with Crippen molar-refractivity contribution in [2.45, 2.75) is 64.9 Å². The Balaban J connectivity index is 1.94. The van der Waals surface area contributed by atoms with Crippen molar-refractivity contribution >= 4 is 45.5 Å². The number of thiazole rings is 1. The fourth-order valence-corrected chi connectivity index (χ4v) is 4.61. The standard InChI is InChI=1S/C23H28FN3O4S2/c1-13(26-33(30)23(5,6)7)17-12-32-20(25-17)19(28)16-11-27(21(29)31-22(2,3)4)18-10-14(24)8-9-15(16)18/h8-13,26H,1-7H3/t13?,33-/m0/s1. The summed E-state index contributed by atoms with van der Waals surface area (Å²) in [4.78, 5) is 30.4. The summed E-state index contributed by atoms with van der Waals surface area (Å²) < 4.78 is 35.4. The molecule has 0 bridgehead atoms. The highest BCUT2D eigenvalue weighted by molar-refractivity contribution is 7.90. The highest BCUT2D eigenvalue weighted by atomic mass is 32.2. The van der Waals surface area contributed by atoms with Gasteiger partial charge in [-0.05, 0) is 66.7 Å². The van der Waals surface area contributed by atoms with E-state index in [4.69, 9.17) is 4.74 Å². The average molecular weight is 494 g/mol.